The Morgan fingerprint density at radius 2 is 1.92 bits per heavy atom. The van der Waals surface area contributed by atoms with Crippen molar-refractivity contribution in [2.75, 3.05) is 6.54 Å². The minimum atomic E-state index is -1.45. The number of fused-ring (bicyclic) bond motifs is 1. The van der Waals surface area contributed by atoms with Gasteiger partial charge >= 0.3 is 0 Å². The number of carbonyl (C=O) groups is 1. The summed E-state index contributed by atoms with van der Waals surface area (Å²) in [5.41, 5.74) is 11.2. The topological polar surface area (TPSA) is 155 Å². The first-order chi connectivity index (χ1) is 17.4. The van der Waals surface area contributed by atoms with E-state index >= 15 is 0 Å². The number of rotatable bonds is 11. The van der Waals surface area contributed by atoms with Crippen LogP contribution in [0, 0.1) is 0 Å². The average molecular weight is 525 g/mol. The molecule has 0 aliphatic rings. The monoisotopic (exact) mass is 524 g/mol. The third-order valence-electron chi connectivity index (χ3n) is 5.64. The van der Waals surface area contributed by atoms with Crippen LogP contribution in [0.2, 0.25) is 0 Å². The van der Waals surface area contributed by atoms with Gasteiger partial charge in [-0.15, -0.1) is 4.72 Å². The van der Waals surface area contributed by atoms with Crippen molar-refractivity contribution in [1.29, 1.82) is 0 Å². The van der Waals surface area contributed by atoms with E-state index in [1.807, 2.05) is 72.9 Å². The van der Waals surface area contributed by atoms with Crippen molar-refractivity contribution in [1.82, 2.24) is 20.2 Å². The molecular formula is C25H28N6O3S2. The summed E-state index contributed by atoms with van der Waals surface area (Å²) in [7, 11) is 0. The van der Waals surface area contributed by atoms with Crippen LogP contribution in [0.25, 0.3) is 21.3 Å². The van der Waals surface area contributed by atoms with Gasteiger partial charge in [-0.3, -0.25) is 10.0 Å². The van der Waals surface area contributed by atoms with Crippen molar-refractivity contribution in [3.63, 3.8) is 0 Å². The molecule has 2 heterocycles. The van der Waals surface area contributed by atoms with Crippen molar-refractivity contribution in [3.8, 4) is 10.4 Å². The van der Waals surface area contributed by atoms with Crippen LogP contribution in [0.4, 0.5) is 0 Å². The maximum absolute atomic E-state index is 12.7. The summed E-state index contributed by atoms with van der Waals surface area (Å²) in [6.07, 6.45) is 3.78. The number of para-hydroxylation sites is 1. The summed E-state index contributed by atoms with van der Waals surface area (Å²) in [6, 6.07) is 21.0. The summed E-state index contributed by atoms with van der Waals surface area (Å²) in [5, 5.41) is 11.4. The molecule has 0 radical (unpaired) electrons. The molecule has 0 fully saturated rings. The summed E-state index contributed by atoms with van der Waals surface area (Å²) >= 11 is -0.0000795. The summed E-state index contributed by atoms with van der Waals surface area (Å²) in [5.74, 6) is 5.71. The zero-order chi connectivity index (χ0) is 25.5. The largest absolute Gasteiger partial charge is 0.592 e. The van der Waals surface area contributed by atoms with Crippen LogP contribution < -0.4 is 21.8 Å². The van der Waals surface area contributed by atoms with Crippen LogP contribution in [-0.4, -0.2) is 38.2 Å². The maximum Gasteiger partial charge on any atom is 0.245 e. The van der Waals surface area contributed by atoms with E-state index in [-0.39, 0.29) is 13.0 Å². The minimum Gasteiger partial charge on any atom is -0.592 e. The molecule has 11 heteroatoms. The zero-order valence-electron chi connectivity index (χ0n) is 19.4. The zero-order valence-corrected chi connectivity index (χ0v) is 21.0. The second kappa shape index (κ2) is 12.1. The Balaban J connectivity index is 1.40. The first-order valence-corrected chi connectivity index (χ1v) is 13.2. The fourth-order valence-electron chi connectivity index (χ4n) is 3.84. The number of nitrogens with two attached hydrogens (primary N) is 2. The number of aromatic amines is 1. The second-order valence-electron chi connectivity index (χ2n) is 8.18. The lowest BCUT2D eigenvalue weighted by atomic mass is 10.0. The number of hydrogen-bond acceptors (Lipinski definition) is 8. The van der Waals surface area contributed by atoms with Gasteiger partial charge in [-0.05, 0) is 29.7 Å². The second-order valence-corrected chi connectivity index (χ2v) is 10.8. The van der Waals surface area contributed by atoms with Crippen LogP contribution in [0.3, 0.4) is 0 Å². The summed E-state index contributed by atoms with van der Waals surface area (Å²) in [6.45, 7) is 0.130. The average Bonchev–Trinajstić information content (AvgIpc) is 3.55. The lowest BCUT2D eigenvalue weighted by Crippen LogP contribution is -2.42. The molecule has 188 valence electrons. The molecule has 1 amide bonds. The summed E-state index contributed by atoms with van der Waals surface area (Å²) < 4.78 is 16.3. The maximum atomic E-state index is 12.7. The van der Waals surface area contributed by atoms with Gasteiger partial charge in [0.05, 0.1) is 30.4 Å². The minimum absolute atomic E-state index is 0.0485. The van der Waals surface area contributed by atoms with Gasteiger partial charge < -0.3 is 20.3 Å². The SMILES string of the molecule is N/C(=C\N(N)[C@@H](CC(=O)NO)Cc1c[nH]c2ccccc12)CN[S+]([O-])c1ccc(-c2ccccc2)s1. The Hall–Kier alpha value is -3.32. The molecule has 4 aromatic rings. The van der Waals surface area contributed by atoms with Crippen LogP contribution in [0.15, 0.2) is 89.0 Å². The smallest absolute Gasteiger partial charge is 0.245 e. The van der Waals surface area contributed by atoms with E-state index in [4.69, 9.17) is 16.8 Å². The molecule has 8 N–H and O–H groups in total. The number of amides is 1. The standard InChI is InChI=1S/C25H28N6O3S2/c26-19(15-29-36(34)25-11-10-23(35-25)17-6-2-1-3-7-17)16-31(27)20(13-24(32)30-33)12-18-14-28-22-9-5-4-8-21(18)22/h1-11,14,16,20,28-29,33H,12-13,15,26-27H2,(H,30,32)/b19-16-/t20-,36?/m1/s1. The number of benzene rings is 2. The first kappa shape index (κ1) is 25.8. The normalized spacial score (nSPS) is 13.5. The van der Waals surface area contributed by atoms with Gasteiger partial charge in [-0.2, -0.15) is 0 Å². The van der Waals surface area contributed by atoms with Crippen molar-refractivity contribution < 1.29 is 14.6 Å². The molecule has 9 nitrogen and oxygen atoms in total. The third-order valence-corrected chi connectivity index (χ3v) is 8.18. The molecule has 36 heavy (non-hydrogen) atoms. The van der Waals surface area contributed by atoms with Crippen LogP contribution in [0.5, 0.6) is 0 Å². The molecule has 0 aliphatic carbocycles. The van der Waals surface area contributed by atoms with Crippen molar-refractivity contribution in [2.45, 2.75) is 23.1 Å². The Morgan fingerprint density at radius 3 is 2.69 bits per heavy atom. The lowest BCUT2D eigenvalue weighted by molar-refractivity contribution is -0.130. The molecule has 0 saturated carbocycles. The van der Waals surface area contributed by atoms with Crippen LogP contribution >= 0.6 is 11.3 Å². The molecule has 1 unspecified atom stereocenters. The van der Waals surface area contributed by atoms with Gasteiger partial charge in [-0.1, -0.05) is 59.9 Å². The van der Waals surface area contributed by atoms with Crippen molar-refractivity contribution in [3.05, 3.63) is 90.4 Å². The van der Waals surface area contributed by atoms with E-state index in [9.17, 15) is 9.35 Å². The number of hydrazine groups is 1. The highest BCUT2D eigenvalue weighted by Crippen LogP contribution is 2.30. The quantitative estimate of drug-likeness (QED) is 0.0762. The number of hydroxylamine groups is 1. The predicted molar refractivity (Wildman–Crippen MR) is 143 cm³/mol. The number of nitrogens with one attached hydrogen (secondary N) is 3. The Morgan fingerprint density at radius 1 is 1.17 bits per heavy atom. The van der Waals surface area contributed by atoms with Crippen molar-refractivity contribution >= 4 is 39.5 Å². The fourth-order valence-corrected chi connectivity index (χ4v) is 5.96. The van der Waals surface area contributed by atoms with Crippen LogP contribution in [0.1, 0.15) is 12.0 Å². The molecular weight excluding hydrogens is 496 g/mol. The molecule has 0 bridgehead atoms. The number of H-pyrrole nitrogens is 1. The van der Waals surface area contributed by atoms with E-state index < -0.39 is 23.3 Å². The number of aromatic nitrogens is 1. The Labute approximate surface area is 216 Å². The van der Waals surface area contributed by atoms with Crippen LogP contribution in [-0.2, 0) is 22.6 Å². The van der Waals surface area contributed by atoms with Gasteiger partial charge in [0.25, 0.3) is 0 Å². The van der Waals surface area contributed by atoms with E-state index in [0.717, 1.165) is 26.9 Å². The van der Waals surface area contributed by atoms with E-state index in [0.29, 0.717) is 16.3 Å². The van der Waals surface area contributed by atoms with E-state index in [1.165, 1.54) is 22.5 Å². The molecule has 2 atom stereocenters. The lowest BCUT2D eigenvalue weighted by Gasteiger charge is -2.26. The van der Waals surface area contributed by atoms with E-state index in [2.05, 4.69) is 9.71 Å². The highest BCUT2D eigenvalue weighted by atomic mass is 32.2. The Bertz CT molecular complexity index is 1320. The van der Waals surface area contributed by atoms with Crippen molar-refractivity contribution in [2.24, 2.45) is 11.6 Å². The van der Waals surface area contributed by atoms with E-state index in [1.54, 1.807) is 5.48 Å². The molecule has 4 rings (SSSR count). The molecule has 0 spiro atoms. The third kappa shape index (κ3) is 6.46. The number of carbonyl (C=O) groups excluding carboxylic acids is 1. The molecule has 2 aromatic carbocycles. The summed E-state index contributed by atoms with van der Waals surface area (Å²) in [4.78, 5) is 16.2. The Kier molecular flexibility index (Phi) is 8.65. The predicted octanol–water partition coefficient (Wildman–Crippen LogP) is 2.99. The first-order valence-electron chi connectivity index (χ1n) is 11.2. The highest BCUT2D eigenvalue weighted by Gasteiger charge is 2.21. The van der Waals surface area contributed by atoms with Gasteiger partial charge in [0.2, 0.25) is 10.1 Å². The van der Waals surface area contributed by atoms with Gasteiger partial charge in [-0.25, -0.2) is 11.3 Å². The molecule has 0 aliphatic heterocycles. The number of nitrogens with zero attached hydrogens (tertiary/aromatic N) is 1. The molecule has 2 aromatic heterocycles. The molecule has 0 saturated heterocycles. The number of hydrogen-bond donors (Lipinski definition) is 6. The van der Waals surface area contributed by atoms with Gasteiger partial charge in [0.1, 0.15) is 0 Å². The number of thiophene rings is 1. The highest BCUT2D eigenvalue weighted by molar-refractivity contribution is 7.91. The van der Waals surface area contributed by atoms with Gasteiger partial charge in [0.15, 0.2) is 0 Å². The van der Waals surface area contributed by atoms with Gasteiger partial charge in [0, 0.05) is 39.9 Å². The fraction of sp³-hybridized carbons (Fsp3) is 0.160.